The standard InChI is InChI=1S/C22H24N2O6S/c1-17-19(12-13-29-14-15-30-24(25)26)16-22(23(17)20-6-4-3-5-7-20)18-8-10-21(11-9-18)31(2,27)28/h3-11,16H,12-15H2,1-2H3. The van der Waals surface area contributed by atoms with E-state index in [0.29, 0.717) is 13.0 Å². The van der Waals surface area contributed by atoms with Gasteiger partial charge in [-0.1, -0.05) is 30.3 Å². The number of sulfone groups is 1. The number of hydrogen-bond donors (Lipinski definition) is 0. The number of benzene rings is 2. The summed E-state index contributed by atoms with van der Waals surface area (Å²) in [6.45, 7) is 2.45. The van der Waals surface area contributed by atoms with Gasteiger partial charge >= 0.3 is 0 Å². The minimum Gasteiger partial charge on any atom is -0.379 e. The topological polar surface area (TPSA) is 101 Å². The normalized spacial score (nSPS) is 11.4. The molecule has 0 saturated heterocycles. The van der Waals surface area contributed by atoms with Gasteiger partial charge in [0.1, 0.15) is 6.61 Å². The van der Waals surface area contributed by atoms with Crippen LogP contribution in [0.4, 0.5) is 0 Å². The fraction of sp³-hybridized carbons (Fsp3) is 0.273. The van der Waals surface area contributed by atoms with Crippen LogP contribution in [-0.2, 0) is 25.8 Å². The van der Waals surface area contributed by atoms with Crippen molar-refractivity contribution in [3.05, 3.63) is 82.0 Å². The molecule has 0 unspecified atom stereocenters. The van der Waals surface area contributed by atoms with Crippen LogP contribution in [0.5, 0.6) is 0 Å². The lowest BCUT2D eigenvalue weighted by Gasteiger charge is -2.13. The third kappa shape index (κ3) is 5.71. The second kappa shape index (κ2) is 9.76. The molecule has 0 amide bonds. The van der Waals surface area contributed by atoms with E-state index in [0.717, 1.165) is 28.2 Å². The summed E-state index contributed by atoms with van der Waals surface area (Å²) >= 11 is 0. The SMILES string of the molecule is Cc1c(CCOCCO[N+](=O)[O-])cc(-c2ccc(S(C)(=O)=O)cc2)n1-c1ccccc1. The molecular formula is C22H24N2O6S. The van der Waals surface area contributed by atoms with Crippen molar-refractivity contribution in [3.63, 3.8) is 0 Å². The van der Waals surface area contributed by atoms with Crippen LogP contribution in [0, 0.1) is 17.0 Å². The molecular weight excluding hydrogens is 420 g/mol. The first kappa shape index (κ1) is 22.5. The molecule has 0 atom stereocenters. The van der Waals surface area contributed by atoms with Gasteiger partial charge in [0.25, 0.3) is 5.09 Å². The van der Waals surface area contributed by atoms with E-state index in [4.69, 9.17) is 4.74 Å². The number of aromatic nitrogens is 1. The van der Waals surface area contributed by atoms with Crippen LogP contribution in [0.3, 0.4) is 0 Å². The van der Waals surface area contributed by atoms with Gasteiger partial charge in [0.05, 0.1) is 23.8 Å². The maximum absolute atomic E-state index is 11.8. The molecule has 164 valence electrons. The maximum atomic E-state index is 11.8. The van der Waals surface area contributed by atoms with Gasteiger partial charge in [-0.25, -0.2) is 8.42 Å². The summed E-state index contributed by atoms with van der Waals surface area (Å²) in [7, 11) is -3.27. The Hall–Kier alpha value is -3.17. The number of para-hydroxylation sites is 1. The van der Waals surface area contributed by atoms with E-state index < -0.39 is 14.9 Å². The van der Waals surface area contributed by atoms with Crippen molar-refractivity contribution >= 4 is 9.84 Å². The zero-order chi connectivity index (χ0) is 22.4. The van der Waals surface area contributed by atoms with Gasteiger partial charge in [0, 0.05) is 17.6 Å². The molecule has 0 aliphatic rings. The smallest absolute Gasteiger partial charge is 0.294 e. The van der Waals surface area contributed by atoms with Crippen LogP contribution >= 0.6 is 0 Å². The molecule has 0 radical (unpaired) electrons. The lowest BCUT2D eigenvalue weighted by Crippen LogP contribution is -2.10. The molecule has 3 aromatic rings. The second-order valence-corrected chi connectivity index (χ2v) is 9.04. The molecule has 8 nitrogen and oxygen atoms in total. The molecule has 2 aromatic carbocycles. The van der Waals surface area contributed by atoms with Crippen molar-refractivity contribution in [3.8, 4) is 16.9 Å². The van der Waals surface area contributed by atoms with Gasteiger partial charge < -0.3 is 14.1 Å². The lowest BCUT2D eigenvalue weighted by molar-refractivity contribution is -0.758. The summed E-state index contributed by atoms with van der Waals surface area (Å²) in [5.74, 6) is 0. The Morgan fingerprint density at radius 2 is 1.68 bits per heavy atom. The maximum Gasteiger partial charge on any atom is 0.294 e. The molecule has 1 aromatic heterocycles. The van der Waals surface area contributed by atoms with E-state index in [-0.39, 0.29) is 18.1 Å². The minimum absolute atomic E-state index is 0.102. The van der Waals surface area contributed by atoms with Crippen molar-refractivity contribution < 1.29 is 23.1 Å². The Balaban J connectivity index is 1.87. The van der Waals surface area contributed by atoms with Gasteiger partial charge in [-0.15, -0.1) is 10.1 Å². The Bertz CT molecular complexity index is 1140. The molecule has 1 heterocycles. The largest absolute Gasteiger partial charge is 0.379 e. The van der Waals surface area contributed by atoms with Crippen molar-refractivity contribution in [2.75, 3.05) is 26.1 Å². The third-order valence-electron chi connectivity index (χ3n) is 4.88. The minimum atomic E-state index is -3.27. The summed E-state index contributed by atoms with van der Waals surface area (Å²) in [6.07, 6.45) is 1.81. The van der Waals surface area contributed by atoms with Crippen LogP contribution in [0.25, 0.3) is 16.9 Å². The summed E-state index contributed by atoms with van der Waals surface area (Å²) in [6, 6.07) is 18.8. The van der Waals surface area contributed by atoms with E-state index in [1.807, 2.05) is 37.3 Å². The molecule has 0 N–H and O–H groups in total. The van der Waals surface area contributed by atoms with E-state index in [1.165, 1.54) is 6.26 Å². The van der Waals surface area contributed by atoms with E-state index in [9.17, 15) is 18.5 Å². The number of ether oxygens (including phenoxy) is 1. The predicted molar refractivity (Wildman–Crippen MR) is 117 cm³/mol. The van der Waals surface area contributed by atoms with Gasteiger partial charge in [-0.05, 0) is 54.8 Å². The van der Waals surface area contributed by atoms with E-state index in [1.54, 1.807) is 24.3 Å². The first-order chi connectivity index (χ1) is 14.8. The van der Waals surface area contributed by atoms with Crippen LogP contribution in [-0.4, -0.2) is 44.1 Å². The summed E-state index contributed by atoms with van der Waals surface area (Å²) in [5, 5.41) is 9.34. The van der Waals surface area contributed by atoms with Crippen LogP contribution < -0.4 is 0 Å². The van der Waals surface area contributed by atoms with Gasteiger partial charge in [-0.2, -0.15) is 0 Å². The third-order valence-corrected chi connectivity index (χ3v) is 6.01. The Kier molecular flexibility index (Phi) is 7.09. The van der Waals surface area contributed by atoms with Crippen LogP contribution in [0.15, 0.2) is 65.6 Å². The number of nitrogens with zero attached hydrogens (tertiary/aromatic N) is 2. The summed E-state index contributed by atoms with van der Waals surface area (Å²) in [5.41, 5.74) is 4.94. The molecule has 9 heteroatoms. The van der Waals surface area contributed by atoms with Crippen molar-refractivity contribution in [2.24, 2.45) is 0 Å². The molecule has 3 rings (SSSR count). The highest BCUT2D eigenvalue weighted by atomic mass is 32.2. The number of rotatable bonds is 10. The van der Waals surface area contributed by atoms with Crippen molar-refractivity contribution in [2.45, 2.75) is 18.2 Å². The molecule has 0 aliphatic heterocycles. The monoisotopic (exact) mass is 444 g/mol. The molecule has 31 heavy (non-hydrogen) atoms. The van der Waals surface area contributed by atoms with Crippen LogP contribution in [0.2, 0.25) is 0 Å². The van der Waals surface area contributed by atoms with Crippen LogP contribution in [0.1, 0.15) is 11.3 Å². The molecule has 0 spiro atoms. The zero-order valence-corrected chi connectivity index (χ0v) is 18.2. The molecule has 0 saturated carbocycles. The highest BCUT2D eigenvalue weighted by Crippen LogP contribution is 2.30. The zero-order valence-electron chi connectivity index (χ0n) is 17.4. The highest BCUT2D eigenvalue weighted by molar-refractivity contribution is 7.90. The first-order valence-corrected chi connectivity index (χ1v) is 11.6. The predicted octanol–water partition coefficient (Wildman–Crippen LogP) is 3.62. The quantitative estimate of drug-likeness (QED) is 0.269. The van der Waals surface area contributed by atoms with Gasteiger partial charge in [-0.3, -0.25) is 0 Å². The molecule has 0 aliphatic carbocycles. The Labute approximate surface area is 181 Å². The lowest BCUT2D eigenvalue weighted by atomic mass is 10.1. The van der Waals surface area contributed by atoms with Gasteiger partial charge in [0.15, 0.2) is 9.84 Å². The average Bonchev–Trinajstić information content (AvgIpc) is 3.06. The van der Waals surface area contributed by atoms with Crippen molar-refractivity contribution in [1.82, 2.24) is 4.57 Å². The highest BCUT2D eigenvalue weighted by Gasteiger charge is 2.16. The van der Waals surface area contributed by atoms with Gasteiger partial charge in [0.2, 0.25) is 0 Å². The number of hydrogen-bond acceptors (Lipinski definition) is 6. The fourth-order valence-corrected chi connectivity index (χ4v) is 3.99. The summed E-state index contributed by atoms with van der Waals surface area (Å²) in [4.78, 5) is 14.7. The molecule has 0 fully saturated rings. The second-order valence-electron chi connectivity index (χ2n) is 7.03. The Morgan fingerprint density at radius 3 is 2.29 bits per heavy atom. The van der Waals surface area contributed by atoms with Crippen molar-refractivity contribution in [1.29, 1.82) is 0 Å². The average molecular weight is 445 g/mol. The fourth-order valence-electron chi connectivity index (χ4n) is 3.36. The summed E-state index contributed by atoms with van der Waals surface area (Å²) < 4.78 is 31.2. The van der Waals surface area contributed by atoms with E-state index in [2.05, 4.69) is 15.5 Å². The molecule has 0 bridgehead atoms. The van der Waals surface area contributed by atoms with E-state index >= 15 is 0 Å². The Morgan fingerprint density at radius 1 is 1.00 bits per heavy atom. The first-order valence-electron chi connectivity index (χ1n) is 9.69.